The van der Waals surface area contributed by atoms with Crippen molar-refractivity contribution in [1.82, 2.24) is 10.2 Å². The van der Waals surface area contributed by atoms with Crippen LogP contribution >= 0.6 is 0 Å². The molecule has 1 aliphatic rings. The second-order valence-corrected chi connectivity index (χ2v) is 4.18. The van der Waals surface area contributed by atoms with Crippen molar-refractivity contribution in [2.45, 2.75) is 6.54 Å². The molecule has 102 valence electrons. The van der Waals surface area contributed by atoms with Crippen LogP contribution in [0, 0.1) is 5.82 Å². The molecule has 1 heterocycles. The Morgan fingerprint density at radius 3 is 2.63 bits per heavy atom. The minimum atomic E-state index is -0.717. The number of nitrogens with zero attached hydrogens (tertiary/aromatic N) is 1. The molecule has 1 N–H and O–H groups in total. The van der Waals surface area contributed by atoms with E-state index in [2.05, 4.69) is 5.32 Å². The van der Waals surface area contributed by atoms with E-state index in [1.54, 1.807) is 18.2 Å². The zero-order valence-electron chi connectivity index (χ0n) is 10.4. The minimum Gasteiger partial charge on any atom is -0.378 e. The molecule has 2 rings (SSSR count). The summed E-state index contributed by atoms with van der Waals surface area (Å²) < 4.78 is 18.4. The molecule has 0 aromatic heterocycles. The summed E-state index contributed by atoms with van der Waals surface area (Å²) in [4.78, 5) is 24.9. The summed E-state index contributed by atoms with van der Waals surface area (Å²) in [6.07, 6.45) is 0. The van der Waals surface area contributed by atoms with Crippen LogP contribution in [0.2, 0.25) is 0 Å². The van der Waals surface area contributed by atoms with Gasteiger partial charge in [-0.15, -0.1) is 0 Å². The van der Waals surface area contributed by atoms with Crippen molar-refractivity contribution in [3.63, 3.8) is 0 Å². The first-order valence-corrected chi connectivity index (χ1v) is 6.07. The predicted octanol–water partition coefficient (Wildman–Crippen LogP) is 0.301. The fourth-order valence-corrected chi connectivity index (χ4v) is 1.80. The van der Waals surface area contributed by atoms with Gasteiger partial charge in [-0.2, -0.15) is 0 Å². The van der Waals surface area contributed by atoms with Crippen LogP contribution in [-0.4, -0.2) is 43.0 Å². The minimum absolute atomic E-state index is 0.00157. The van der Waals surface area contributed by atoms with Crippen LogP contribution in [0.25, 0.3) is 0 Å². The van der Waals surface area contributed by atoms with Gasteiger partial charge in [-0.25, -0.2) is 4.39 Å². The highest BCUT2D eigenvalue weighted by Crippen LogP contribution is 2.05. The molecule has 1 fully saturated rings. The topological polar surface area (TPSA) is 58.6 Å². The molecule has 1 aromatic carbocycles. The van der Waals surface area contributed by atoms with Gasteiger partial charge in [-0.1, -0.05) is 18.2 Å². The van der Waals surface area contributed by atoms with Gasteiger partial charge < -0.3 is 15.0 Å². The van der Waals surface area contributed by atoms with Crippen molar-refractivity contribution in [3.8, 4) is 0 Å². The van der Waals surface area contributed by atoms with Crippen molar-refractivity contribution in [2.24, 2.45) is 0 Å². The van der Waals surface area contributed by atoms with Gasteiger partial charge in [0.05, 0.1) is 13.2 Å². The monoisotopic (exact) mass is 266 g/mol. The van der Waals surface area contributed by atoms with Crippen molar-refractivity contribution < 1.29 is 18.7 Å². The highest BCUT2D eigenvalue weighted by Gasteiger charge is 2.23. The molecule has 0 atom stereocenters. The Morgan fingerprint density at radius 2 is 1.95 bits per heavy atom. The van der Waals surface area contributed by atoms with Gasteiger partial charge in [0.1, 0.15) is 5.82 Å². The van der Waals surface area contributed by atoms with Gasteiger partial charge in [0.15, 0.2) is 0 Å². The third kappa shape index (κ3) is 3.51. The molecular formula is C13H15FN2O3. The smallest absolute Gasteiger partial charge is 0.312 e. The van der Waals surface area contributed by atoms with E-state index < -0.39 is 17.6 Å². The number of morpholine rings is 1. The zero-order valence-corrected chi connectivity index (χ0v) is 10.4. The number of carbonyl (C=O) groups is 2. The van der Waals surface area contributed by atoms with Crippen molar-refractivity contribution in [1.29, 1.82) is 0 Å². The van der Waals surface area contributed by atoms with E-state index >= 15 is 0 Å². The zero-order chi connectivity index (χ0) is 13.7. The molecule has 0 saturated carbocycles. The summed E-state index contributed by atoms with van der Waals surface area (Å²) in [5.74, 6) is -1.72. The molecule has 1 aromatic rings. The van der Waals surface area contributed by atoms with E-state index in [-0.39, 0.29) is 6.54 Å². The number of benzene rings is 1. The van der Waals surface area contributed by atoms with Crippen LogP contribution in [0.4, 0.5) is 4.39 Å². The van der Waals surface area contributed by atoms with Gasteiger partial charge in [-0.3, -0.25) is 9.59 Å². The summed E-state index contributed by atoms with van der Waals surface area (Å²) in [5, 5.41) is 2.43. The molecule has 0 radical (unpaired) electrons. The van der Waals surface area contributed by atoms with E-state index in [1.807, 2.05) is 0 Å². The Kier molecular flexibility index (Phi) is 4.46. The van der Waals surface area contributed by atoms with Crippen LogP contribution in [-0.2, 0) is 20.9 Å². The summed E-state index contributed by atoms with van der Waals surface area (Å²) in [5.41, 5.74) is 0.352. The molecule has 0 spiro atoms. The maximum Gasteiger partial charge on any atom is 0.312 e. The van der Waals surface area contributed by atoms with Crippen LogP contribution in [0.1, 0.15) is 5.56 Å². The van der Waals surface area contributed by atoms with Crippen LogP contribution in [0.3, 0.4) is 0 Å². The number of nitrogens with one attached hydrogen (secondary N) is 1. The van der Waals surface area contributed by atoms with E-state index in [4.69, 9.17) is 4.74 Å². The average molecular weight is 266 g/mol. The van der Waals surface area contributed by atoms with Crippen molar-refractivity contribution in [3.05, 3.63) is 35.6 Å². The van der Waals surface area contributed by atoms with Gasteiger partial charge in [0.25, 0.3) is 0 Å². The summed E-state index contributed by atoms with van der Waals surface area (Å²) in [7, 11) is 0. The predicted molar refractivity (Wildman–Crippen MR) is 65.6 cm³/mol. The number of carbonyl (C=O) groups excluding carboxylic acids is 2. The number of hydrogen-bond acceptors (Lipinski definition) is 3. The molecule has 0 aliphatic carbocycles. The molecule has 5 nitrogen and oxygen atoms in total. The maximum atomic E-state index is 13.3. The highest BCUT2D eigenvalue weighted by atomic mass is 19.1. The number of ether oxygens (including phenoxy) is 1. The molecule has 1 aliphatic heterocycles. The molecule has 1 saturated heterocycles. The summed E-state index contributed by atoms with van der Waals surface area (Å²) in [6, 6.07) is 6.12. The lowest BCUT2D eigenvalue weighted by Gasteiger charge is -2.26. The van der Waals surface area contributed by atoms with Gasteiger partial charge in [0, 0.05) is 25.2 Å². The fraction of sp³-hybridized carbons (Fsp3) is 0.385. The highest BCUT2D eigenvalue weighted by molar-refractivity contribution is 6.34. The lowest BCUT2D eigenvalue weighted by atomic mass is 10.2. The lowest BCUT2D eigenvalue weighted by Crippen LogP contribution is -2.47. The number of rotatable bonds is 2. The van der Waals surface area contributed by atoms with E-state index in [0.29, 0.717) is 31.9 Å². The molecule has 6 heteroatoms. The average Bonchev–Trinajstić information content (AvgIpc) is 2.46. The normalized spacial score (nSPS) is 15.1. The first-order valence-electron chi connectivity index (χ1n) is 6.07. The summed E-state index contributed by atoms with van der Waals surface area (Å²) >= 11 is 0. The van der Waals surface area contributed by atoms with Crippen LogP contribution in [0.15, 0.2) is 24.3 Å². The second-order valence-electron chi connectivity index (χ2n) is 4.18. The Balaban J connectivity index is 1.87. The lowest BCUT2D eigenvalue weighted by molar-refractivity contribution is -0.148. The van der Waals surface area contributed by atoms with Crippen molar-refractivity contribution in [2.75, 3.05) is 26.3 Å². The Morgan fingerprint density at radius 1 is 1.26 bits per heavy atom. The van der Waals surface area contributed by atoms with E-state index in [1.165, 1.54) is 11.0 Å². The third-order valence-electron chi connectivity index (χ3n) is 2.89. The first kappa shape index (κ1) is 13.5. The van der Waals surface area contributed by atoms with Gasteiger partial charge >= 0.3 is 11.8 Å². The standard InChI is InChI=1S/C13H15FN2O3/c14-11-4-2-1-3-10(11)9-15-12(17)13(18)16-5-7-19-8-6-16/h1-4H,5-9H2,(H,15,17). The largest absolute Gasteiger partial charge is 0.378 e. The molecule has 19 heavy (non-hydrogen) atoms. The van der Waals surface area contributed by atoms with E-state index in [9.17, 15) is 14.0 Å². The quantitative estimate of drug-likeness (QED) is 0.783. The Hall–Kier alpha value is -1.95. The fourth-order valence-electron chi connectivity index (χ4n) is 1.80. The molecule has 0 unspecified atom stereocenters. The number of hydrogen-bond donors (Lipinski definition) is 1. The second kappa shape index (κ2) is 6.29. The third-order valence-corrected chi connectivity index (χ3v) is 2.89. The Bertz CT molecular complexity index is 473. The number of amides is 2. The first-order chi connectivity index (χ1) is 9.18. The van der Waals surface area contributed by atoms with Crippen molar-refractivity contribution >= 4 is 11.8 Å². The van der Waals surface area contributed by atoms with E-state index in [0.717, 1.165) is 0 Å². The SMILES string of the molecule is O=C(NCc1ccccc1F)C(=O)N1CCOCC1. The van der Waals surface area contributed by atoms with Gasteiger partial charge in [0.2, 0.25) is 0 Å². The molecular weight excluding hydrogens is 251 g/mol. The van der Waals surface area contributed by atoms with Gasteiger partial charge in [-0.05, 0) is 6.07 Å². The van der Waals surface area contributed by atoms with Crippen LogP contribution in [0.5, 0.6) is 0 Å². The number of halogens is 1. The maximum absolute atomic E-state index is 13.3. The summed E-state index contributed by atoms with van der Waals surface area (Å²) in [6.45, 7) is 1.69. The Labute approximate surface area is 110 Å². The molecule has 2 amide bonds. The van der Waals surface area contributed by atoms with Crippen LogP contribution < -0.4 is 5.32 Å². The molecule has 0 bridgehead atoms.